The van der Waals surface area contributed by atoms with Crippen LogP contribution in [0.1, 0.15) is 13.3 Å². The second kappa shape index (κ2) is 5.98. The molecule has 104 valence electrons. The van der Waals surface area contributed by atoms with Gasteiger partial charge in [-0.3, -0.25) is 10.1 Å². The molecule has 2 N–H and O–H groups in total. The summed E-state index contributed by atoms with van der Waals surface area (Å²) in [6.07, 6.45) is 0.214. The minimum absolute atomic E-state index is 0.0995. The van der Waals surface area contributed by atoms with Gasteiger partial charge in [-0.1, -0.05) is 6.92 Å². The average Bonchev–Trinajstić information content (AvgIpc) is 2.36. The van der Waals surface area contributed by atoms with Gasteiger partial charge in [0.1, 0.15) is 11.7 Å². The minimum atomic E-state index is -1.15. The molecule has 0 amide bonds. The maximum Gasteiger partial charge on any atom is 0.326 e. The highest BCUT2D eigenvalue weighted by molar-refractivity contribution is 5.79. The van der Waals surface area contributed by atoms with Gasteiger partial charge in [-0.05, 0) is 6.42 Å². The third-order valence-corrected chi connectivity index (χ3v) is 2.50. The molecule has 1 aromatic carbocycles. The summed E-state index contributed by atoms with van der Waals surface area (Å²) >= 11 is 0. The van der Waals surface area contributed by atoms with Crippen LogP contribution in [0.3, 0.4) is 0 Å². The SMILES string of the molecule is CCC(Nc1cc(OC)c(F)cc1[N+](=O)[O-])C(=O)O. The first-order valence-electron chi connectivity index (χ1n) is 5.42. The Hall–Kier alpha value is -2.38. The highest BCUT2D eigenvalue weighted by Gasteiger charge is 2.23. The maximum absolute atomic E-state index is 13.4. The van der Waals surface area contributed by atoms with Crippen molar-refractivity contribution in [1.82, 2.24) is 0 Å². The summed E-state index contributed by atoms with van der Waals surface area (Å²) < 4.78 is 18.1. The normalized spacial score (nSPS) is 11.7. The Labute approximate surface area is 108 Å². The van der Waals surface area contributed by atoms with Gasteiger partial charge in [-0.25, -0.2) is 9.18 Å². The Kier molecular flexibility index (Phi) is 4.62. The molecule has 0 bridgehead atoms. The van der Waals surface area contributed by atoms with Gasteiger partial charge in [0.25, 0.3) is 5.69 Å². The molecule has 1 atom stereocenters. The molecule has 0 radical (unpaired) electrons. The Morgan fingerprint density at radius 2 is 2.26 bits per heavy atom. The Balaban J connectivity index is 3.23. The number of methoxy groups -OCH3 is 1. The molecular formula is C11H13FN2O5. The van der Waals surface area contributed by atoms with Gasteiger partial charge < -0.3 is 15.2 Å². The second-order valence-corrected chi connectivity index (χ2v) is 3.70. The number of nitro benzene ring substituents is 1. The maximum atomic E-state index is 13.4. The van der Waals surface area contributed by atoms with Crippen LogP contribution in [-0.4, -0.2) is 29.2 Å². The molecular weight excluding hydrogens is 259 g/mol. The van der Waals surface area contributed by atoms with E-state index >= 15 is 0 Å². The van der Waals surface area contributed by atoms with Crippen molar-refractivity contribution in [2.75, 3.05) is 12.4 Å². The zero-order valence-electron chi connectivity index (χ0n) is 10.3. The van der Waals surface area contributed by atoms with Crippen LogP contribution in [0.15, 0.2) is 12.1 Å². The molecule has 0 aliphatic carbocycles. The fraction of sp³-hybridized carbons (Fsp3) is 0.364. The standard InChI is InChI=1S/C11H13FN2O5/c1-3-7(11(15)16)13-8-5-10(19-2)6(12)4-9(8)14(17)18/h4-5,7,13H,3H2,1-2H3,(H,15,16). The number of nitro groups is 1. The number of nitrogens with one attached hydrogen (secondary N) is 1. The summed E-state index contributed by atoms with van der Waals surface area (Å²) in [5.41, 5.74) is -0.643. The Morgan fingerprint density at radius 3 is 2.68 bits per heavy atom. The number of anilines is 1. The molecule has 7 nitrogen and oxygen atoms in total. The average molecular weight is 272 g/mol. The van der Waals surface area contributed by atoms with Crippen molar-refractivity contribution >= 4 is 17.3 Å². The summed E-state index contributed by atoms with van der Waals surface area (Å²) in [6, 6.07) is 0.753. The lowest BCUT2D eigenvalue weighted by molar-refractivity contribution is -0.384. The lowest BCUT2D eigenvalue weighted by Gasteiger charge is -2.14. The number of aliphatic carboxylic acids is 1. The van der Waals surface area contributed by atoms with E-state index in [1.165, 1.54) is 7.11 Å². The van der Waals surface area contributed by atoms with Gasteiger partial charge in [0, 0.05) is 6.07 Å². The van der Waals surface area contributed by atoms with E-state index in [0.717, 1.165) is 6.07 Å². The van der Waals surface area contributed by atoms with Crippen LogP contribution in [0.5, 0.6) is 5.75 Å². The first-order chi connectivity index (χ1) is 8.90. The number of nitrogens with zero attached hydrogens (tertiary/aromatic N) is 1. The fourth-order valence-corrected chi connectivity index (χ4v) is 1.49. The van der Waals surface area contributed by atoms with Crippen molar-refractivity contribution in [1.29, 1.82) is 0 Å². The number of carbonyl (C=O) groups is 1. The molecule has 0 saturated heterocycles. The van der Waals surface area contributed by atoms with Gasteiger partial charge >= 0.3 is 5.97 Å². The van der Waals surface area contributed by atoms with E-state index < -0.39 is 28.4 Å². The number of hydrogen-bond acceptors (Lipinski definition) is 5. The predicted octanol–water partition coefficient (Wildman–Crippen LogP) is 2.02. The van der Waals surface area contributed by atoms with Gasteiger partial charge in [-0.15, -0.1) is 0 Å². The largest absolute Gasteiger partial charge is 0.494 e. The molecule has 1 rings (SSSR count). The van der Waals surface area contributed by atoms with E-state index in [1.807, 2.05) is 0 Å². The van der Waals surface area contributed by atoms with Crippen LogP contribution in [0, 0.1) is 15.9 Å². The minimum Gasteiger partial charge on any atom is -0.494 e. The zero-order chi connectivity index (χ0) is 14.6. The fourth-order valence-electron chi connectivity index (χ4n) is 1.49. The van der Waals surface area contributed by atoms with E-state index in [4.69, 9.17) is 9.84 Å². The third-order valence-electron chi connectivity index (χ3n) is 2.50. The smallest absolute Gasteiger partial charge is 0.326 e. The van der Waals surface area contributed by atoms with Crippen LogP contribution in [0.4, 0.5) is 15.8 Å². The summed E-state index contributed by atoms with van der Waals surface area (Å²) in [6.45, 7) is 1.61. The molecule has 0 saturated carbocycles. The van der Waals surface area contributed by atoms with Crippen LogP contribution in [-0.2, 0) is 4.79 Å². The summed E-state index contributed by atoms with van der Waals surface area (Å²) in [5, 5.41) is 22.2. The number of rotatable bonds is 6. The van der Waals surface area contributed by atoms with Crippen LogP contribution in [0.25, 0.3) is 0 Å². The quantitative estimate of drug-likeness (QED) is 0.606. The molecule has 1 unspecified atom stereocenters. The number of hydrogen-bond donors (Lipinski definition) is 2. The Bertz CT molecular complexity index is 506. The van der Waals surface area contributed by atoms with Crippen molar-refractivity contribution in [2.24, 2.45) is 0 Å². The molecule has 0 fully saturated rings. The van der Waals surface area contributed by atoms with Crippen molar-refractivity contribution in [3.63, 3.8) is 0 Å². The third kappa shape index (κ3) is 3.30. The van der Waals surface area contributed by atoms with E-state index in [-0.39, 0.29) is 17.9 Å². The van der Waals surface area contributed by atoms with Crippen LogP contribution >= 0.6 is 0 Å². The first-order valence-corrected chi connectivity index (χ1v) is 5.42. The van der Waals surface area contributed by atoms with Gasteiger partial charge in [0.15, 0.2) is 11.6 Å². The van der Waals surface area contributed by atoms with Gasteiger partial charge in [0.05, 0.1) is 18.1 Å². The topological polar surface area (TPSA) is 102 Å². The number of ether oxygens (including phenoxy) is 1. The molecule has 19 heavy (non-hydrogen) atoms. The lowest BCUT2D eigenvalue weighted by atomic mass is 10.2. The van der Waals surface area contributed by atoms with Crippen LogP contribution < -0.4 is 10.1 Å². The van der Waals surface area contributed by atoms with E-state index in [9.17, 15) is 19.3 Å². The predicted molar refractivity (Wildman–Crippen MR) is 64.9 cm³/mol. The monoisotopic (exact) mass is 272 g/mol. The highest BCUT2D eigenvalue weighted by Crippen LogP contribution is 2.32. The molecule has 0 heterocycles. The van der Waals surface area contributed by atoms with Crippen molar-refractivity contribution in [3.8, 4) is 5.75 Å². The molecule has 8 heteroatoms. The van der Waals surface area contributed by atoms with Crippen molar-refractivity contribution < 1.29 is 24.0 Å². The molecule has 1 aromatic rings. The summed E-state index contributed by atoms with van der Waals surface area (Å²) in [5.74, 6) is -2.24. The van der Waals surface area contributed by atoms with E-state index in [2.05, 4.69) is 5.32 Å². The zero-order valence-corrected chi connectivity index (χ0v) is 10.3. The lowest BCUT2D eigenvalue weighted by Crippen LogP contribution is -2.28. The van der Waals surface area contributed by atoms with E-state index in [0.29, 0.717) is 6.07 Å². The molecule has 0 aromatic heterocycles. The molecule has 0 aliphatic heterocycles. The summed E-state index contributed by atoms with van der Waals surface area (Å²) in [4.78, 5) is 20.9. The number of benzene rings is 1. The van der Waals surface area contributed by atoms with Crippen molar-refractivity contribution in [2.45, 2.75) is 19.4 Å². The van der Waals surface area contributed by atoms with Crippen LogP contribution in [0.2, 0.25) is 0 Å². The van der Waals surface area contributed by atoms with E-state index in [1.54, 1.807) is 6.92 Å². The number of carboxylic acid groups (broad SMARTS) is 1. The number of carboxylic acids is 1. The Morgan fingerprint density at radius 1 is 1.63 bits per heavy atom. The molecule has 0 aliphatic rings. The van der Waals surface area contributed by atoms with Gasteiger partial charge in [0.2, 0.25) is 0 Å². The van der Waals surface area contributed by atoms with Crippen molar-refractivity contribution in [3.05, 3.63) is 28.1 Å². The molecule has 0 spiro atoms. The summed E-state index contributed by atoms with van der Waals surface area (Å²) in [7, 11) is 1.21. The highest BCUT2D eigenvalue weighted by atomic mass is 19.1. The second-order valence-electron chi connectivity index (χ2n) is 3.70. The first kappa shape index (κ1) is 14.7. The number of halogens is 1. The van der Waals surface area contributed by atoms with Gasteiger partial charge in [-0.2, -0.15) is 0 Å².